The molecule has 2 heterocycles. The van der Waals surface area contributed by atoms with E-state index in [1.807, 2.05) is 50.6 Å². The number of aromatic nitrogens is 3. The molecule has 3 aromatic rings. The van der Waals surface area contributed by atoms with Crippen molar-refractivity contribution in [2.75, 3.05) is 5.32 Å². The molecule has 0 saturated carbocycles. The zero-order valence-electron chi connectivity index (χ0n) is 14.9. The molecule has 3 rings (SSSR count). The average molecular weight is 391 g/mol. The molecule has 26 heavy (non-hydrogen) atoms. The minimum atomic E-state index is -0.352. The molecule has 0 saturated heterocycles. The van der Waals surface area contributed by atoms with Gasteiger partial charge in [-0.2, -0.15) is 0 Å². The van der Waals surface area contributed by atoms with Crippen molar-refractivity contribution in [2.24, 2.45) is 7.05 Å². The van der Waals surface area contributed by atoms with Crippen molar-refractivity contribution in [3.8, 4) is 11.4 Å². The van der Waals surface area contributed by atoms with Crippen molar-refractivity contribution in [2.45, 2.75) is 31.2 Å². The molecule has 0 spiro atoms. The number of rotatable bonds is 5. The van der Waals surface area contributed by atoms with Crippen LogP contribution in [0.15, 0.2) is 40.1 Å². The Kier molecular flexibility index (Phi) is 5.38. The van der Waals surface area contributed by atoms with Gasteiger partial charge in [-0.05, 0) is 44.5 Å². The van der Waals surface area contributed by atoms with Gasteiger partial charge in [0.15, 0.2) is 11.0 Å². The highest BCUT2D eigenvalue weighted by molar-refractivity contribution is 8.00. The Hall–Kier alpha value is -2.25. The van der Waals surface area contributed by atoms with Crippen LogP contribution >= 0.6 is 23.4 Å². The van der Waals surface area contributed by atoms with Crippen LogP contribution in [-0.2, 0) is 11.8 Å². The van der Waals surface area contributed by atoms with E-state index in [2.05, 4.69) is 15.5 Å². The molecule has 0 radical (unpaired) electrons. The number of furan rings is 1. The minimum absolute atomic E-state index is 0.121. The molecular formula is C18H19ClN4O2S. The largest absolute Gasteiger partial charge is 0.469 e. The second-order valence-corrected chi connectivity index (χ2v) is 7.63. The van der Waals surface area contributed by atoms with Gasteiger partial charge in [-0.1, -0.05) is 29.4 Å². The van der Waals surface area contributed by atoms with Gasteiger partial charge in [0.05, 0.1) is 17.1 Å². The maximum atomic E-state index is 12.5. The van der Waals surface area contributed by atoms with Gasteiger partial charge in [0.25, 0.3) is 0 Å². The van der Waals surface area contributed by atoms with E-state index in [4.69, 9.17) is 16.0 Å². The summed E-state index contributed by atoms with van der Waals surface area (Å²) >= 11 is 7.45. The van der Waals surface area contributed by atoms with Crippen LogP contribution in [0.1, 0.15) is 18.2 Å². The fraction of sp³-hybridized carbons (Fsp3) is 0.278. The number of carbonyl (C=O) groups excluding carboxylic acids is 1. The summed E-state index contributed by atoms with van der Waals surface area (Å²) in [5.74, 6) is 1.36. The topological polar surface area (TPSA) is 72.9 Å². The van der Waals surface area contributed by atoms with E-state index in [1.54, 1.807) is 12.3 Å². The summed E-state index contributed by atoms with van der Waals surface area (Å²) in [6, 6.07) is 7.29. The first-order valence-electron chi connectivity index (χ1n) is 8.05. The number of halogens is 1. The lowest BCUT2D eigenvalue weighted by Gasteiger charge is -2.13. The molecule has 2 aromatic heterocycles. The van der Waals surface area contributed by atoms with Gasteiger partial charge in [0.2, 0.25) is 5.91 Å². The van der Waals surface area contributed by atoms with Crippen molar-refractivity contribution in [1.29, 1.82) is 0 Å². The first-order chi connectivity index (χ1) is 12.4. The third-order valence-electron chi connectivity index (χ3n) is 4.11. The molecule has 1 amide bonds. The van der Waals surface area contributed by atoms with Crippen LogP contribution < -0.4 is 5.32 Å². The maximum absolute atomic E-state index is 12.5. The molecular weight excluding hydrogens is 372 g/mol. The van der Waals surface area contributed by atoms with Crippen LogP contribution in [0.3, 0.4) is 0 Å². The fourth-order valence-electron chi connectivity index (χ4n) is 2.46. The monoisotopic (exact) mass is 390 g/mol. The second kappa shape index (κ2) is 7.55. The molecule has 1 aromatic carbocycles. The molecule has 8 heteroatoms. The molecule has 0 aliphatic rings. The third kappa shape index (κ3) is 3.64. The summed E-state index contributed by atoms with van der Waals surface area (Å²) in [4.78, 5) is 12.5. The highest BCUT2D eigenvalue weighted by Crippen LogP contribution is 2.29. The van der Waals surface area contributed by atoms with Gasteiger partial charge < -0.3 is 14.3 Å². The van der Waals surface area contributed by atoms with E-state index in [9.17, 15) is 4.79 Å². The molecule has 6 nitrogen and oxygen atoms in total. The number of aryl methyl sites for hydroxylation is 1. The van der Waals surface area contributed by atoms with Gasteiger partial charge in [0.1, 0.15) is 5.76 Å². The Bertz CT molecular complexity index is 951. The minimum Gasteiger partial charge on any atom is -0.469 e. The quantitative estimate of drug-likeness (QED) is 0.651. The number of hydrogen-bond acceptors (Lipinski definition) is 5. The van der Waals surface area contributed by atoms with Gasteiger partial charge >= 0.3 is 0 Å². The Morgan fingerprint density at radius 3 is 2.77 bits per heavy atom. The Morgan fingerprint density at radius 1 is 1.31 bits per heavy atom. The summed E-state index contributed by atoms with van der Waals surface area (Å²) in [6.07, 6.45) is 1.62. The van der Waals surface area contributed by atoms with Crippen molar-refractivity contribution in [1.82, 2.24) is 14.8 Å². The van der Waals surface area contributed by atoms with Crippen LogP contribution in [0.4, 0.5) is 5.69 Å². The van der Waals surface area contributed by atoms with Gasteiger partial charge in [-0.25, -0.2) is 0 Å². The lowest BCUT2D eigenvalue weighted by atomic mass is 10.2. The van der Waals surface area contributed by atoms with E-state index >= 15 is 0 Å². The predicted molar refractivity (Wildman–Crippen MR) is 104 cm³/mol. The first-order valence-corrected chi connectivity index (χ1v) is 9.30. The van der Waals surface area contributed by atoms with Crippen LogP contribution in [0, 0.1) is 13.8 Å². The lowest BCUT2D eigenvalue weighted by molar-refractivity contribution is -0.115. The Morgan fingerprint density at radius 2 is 2.08 bits per heavy atom. The number of benzene rings is 1. The second-order valence-electron chi connectivity index (χ2n) is 5.92. The van der Waals surface area contributed by atoms with Gasteiger partial charge in [-0.3, -0.25) is 4.79 Å². The smallest absolute Gasteiger partial charge is 0.237 e. The number of amides is 1. The SMILES string of the molecule is Cc1occc1-c1nnc(S[C@H](C)C(=O)Nc2cccc(Cl)c2C)n1C. The van der Waals surface area contributed by atoms with E-state index in [0.717, 1.165) is 16.9 Å². The maximum Gasteiger partial charge on any atom is 0.237 e. The Labute approximate surface area is 160 Å². The van der Waals surface area contributed by atoms with Crippen LogP contribution in [-0.4, -0.2) is 25.9 Å². The average Bonchev–Trinajstić information content (AvgIpc) is 3.18. The number of anilines is 1. The van der Waals surface area contributed by atoms with E-state index < -0.39 is 0 Å². The molecule has 1 atom stereocenters. The van der Waals surface area contributed by atoms with Crippen LogP contribution in [0.2, 0.25) is 5.02 Å². The predicted octanol–water partition coefficient (Wildman–Crippen LogP) is 4.46. The van der Waals surface area contributed by atoms with Crippen LogP contribution in [0.25, 0.3) is 11.4 Å². The van der Waals surface area contributed by atoms with Crippen molar-refractivity contribution in [3.05, 3.63) is 46.9 Å². The molecule has 0 bridgehead atoms. The number of carbonyl (C=O) groups is 1. The van der Waals surface area contributed by atoms with Crippen molar-refractivity contribution >= 4 is 35.0 Å². The lowest BCUT2D eigenvalue weighted by Crippen LogP contribution is -2.23. The van der Waals surface area contributed by atoms with E-state index in [-0.39, 0.29) is 11.2 Å². The van der Waals surface area contributed by atoms with Crippen molar-refractivity contribution < 1.29 is 9.21 Å². The van der Waals surface area contributed by atoms with Crippen LogP contribution in [0.5, 0.6) is 0 Å². The number of nitrogens with one attached hydrogen (secondary N) is 1. The van der Waals surface area contributed by atoms with Gasteiger partial charge in [-0.15, -0.1) is 10.2 Å². The first kappa shape index (κ1) is 18.5. The van der Waals surface area contributed by atoms with E-state index in [0.29, 0.717) is 21.7 Å². The molecule has 0 aliphatic carbocycles. The normalized spacial score (nSPS) is 12.2. The number of thioether (sulfide) groups is 1. The highest BCUT2D eigenvalue weighted by atomic mass is 35.5. The van der Waals surface area contributed by atoms with Crippen molar-refractivity contribution in [3.63, 3.8) is 0 Å². The third-order valence-corrected chi connectivity index (χ3v) is 5.66. The summed E-state index contributed by atoms with van der Waals surface area (Å²) in [5, 5.41) is 12.3. The molecule has 0 aliphatic heterocycles. The highest BCUT2D eigenvalue weighted by Gasteiger charge is 2.21. The molecule has 0 unspecified atom stereocenters. The Balaban J connectivity index is 1.73. The zero-order chi connectivity index (χ0) is 18.8. The molecule has 0 fully saturated rings. The van der Waals surface area contributed by atoms with E-state index in [1.165, 1.54) is 11.8 Å². The summed E-state index contributed by atoms with van der Waals surface area (Å²) in [7, 11) is 1.87. The summed E-state index contributed by atoms with van der Waals surface area (Å²) < 4.78 is 7.18. The molecule has 136 valence electrons. The fourth-order valence-corrected chi connectivity index (χ4v) is 3.45. The summed E-state index contributed by atoms with van der Waals surface area (Å²) in [5.41, 5.74) is 2.44. The summed E-state index contributed by atoms with van der Waals surface area (Å²) in [6.45, 7) is 5.58. The standard InChI is InChI=1S/C18H19ClN4O2S/c1-10-14(19)6-5-7-15(10)20-17(24)12(3)26-18-22-21-16(23(18)4)13-8-9-25-11(13)2/h5-9,12H,1-4H3,(H,20,24)/t12-/m1/s1. The van der Waals surface area contributed by atoms with Gasteiger partial charge in [0, 0.05) is 17.8 Å². The number of hydrogen-bond donors (Lipinski definition) is 1. The molecule has 1 N–H and O–H groups in total. The zero-order valence-corrected chi connectivity index (χ0v) is 16.5. The number of nitrogens with zero attached hydrogens (tertiary/aromatic N) is 3.